The molecule has 4 rings (SSSR count). The van der Waals surface area contributed by atoms with Gasteiger partial charge in [0.2, 0.25) is 0 Å². The van der Waals surface area contributed by atoms with Crippen LogP contribution in [0.5, 0.6) is 0 Å². The third-order valence-electron chi connectivity index (χ3n) is 5.28. The molecule has 0 aliphatic carbocycles. The van der Waals surface area contributed by atoms with E-state index >= 15 is 0 Å². The van der Waals surface area contributed by atoms with Crippen LogP contribution in [-0.2, 0) is 4.79 Å². The van der Waals surface area contributed by atoms with E-state index in [1.807, 2.05) is 62.6 Å². The Kier molecular flexibility index (Phi) is 5.71. The Morgan fingerprint density at radius 1 is 1.09 bits per heavy atom. The second-order valence-corrected chi connectivity index (χ2v) is 8.74. The molecule has 0 unspecified atom stereocenters. The Labute approximate surface area is 190 Å². The molecular weight excluding hydrogens is 424 g/mol. The summed E-state index contributed by atoms with van der Waals surface area (Å²) in [6.45, 7) is 7.89. The van der Waals surface area contributed by atoms with E-state index in [1.54, 1.807) is 12.1 Å². The van der Waals surface area contributed by atoms with Gasteiger partial charge in [0.25, 0.3) is 11.6 Å². The number of aliphatic imine (C=N–C) groups is 1. The fraction of sp³-hybridized carbons (Fsp3) is 0.167. The van der Waals surface area contributed by atoms with Gasteiger partial charge in [0.05, 0.1) is 21.2 Å². The summed E-state index contributed by atoms with van der Waals surface area (Å²) in [6, 6.07) is 14.5. The van der Waals surface area contributed by atoms with Gasteiger partial charge >= 0.3 is 0 Å². The molecule has 1 N–H and O–H groups in total. The van der Waals surface area contributed by atoms with E-state index in [1.165, 1.54) is 17.8 Å². The Balaban J connectivity index is 1.65. The Morgan fingerprint density at radius 2 is 1.88 bits per heavy atom. The van der Waals surface area contributed by atoms with E-state index in [4.69, 9.17) is 0 Å². The Bertz CT molecular complexity index is 1320. The van der Waals surface area contributed by atoms with Crippen LogP contribution in [0.2, 0.25) is 0 Å². The number of nitro groups is 1. The number of thioether (sulfide) groups is 1. The standard InChI is InChI=1S/C24H22N4O3S/c1-14-8-9-21(15(2)10-14)25-24-26-23(29)22(32-24)12-18-11-16(3)27(17(18)4)19-6-5-7-20(13-19)28(30)31/h5-13H,1-4H3,(H,25,26,29)/b22-12-. The number of amides is 1. The first-order valence-corrected chi connectivity index (χ1v) is 10.8. The van der Waals surface area contributed by atoms with E-state index in [2.05, 4.69) is 16.4 Å². The van der Waals surface area contributed by atoms with Gasteiger partial charge < -0.3 is 9.88 Å². The van der Waals surface area contributed by atoms with Crippen LogP contribution in [0.1, 0.15) is 28.1 Å². The first kappa shape index (κ1) is 21.6. The molecule has 2 aromatic carbocycles. The van der Waals surface area contributed by atoms with E-state index in [0.29, 0.717) is 15.8 Å². The molecule has 2 heterocycles. The number of non-ortho nitro benzene ring substituents is 1. The first-order valence-electron chi connectivity index (χ1n) is 10.0. The zero-order valence-corrected chi connectivity index (χ0v) is 19.0. The molecule has 162 valence electrons. The first-order chi connectivity index (χ1) is 15.2. The molecule has 0 spiro atoms. The SMILES string of the molecule is Cc1ccc(N=C2NC(=O)/C(=C/c3cc(C)n(-c4cccc([N+](=O)[O-])c4)c3C)S2)c(C)c1. The van der Waals surface area contributed by atoms with Crippen molar-refractivity contribution >= 4 is 40.3 Å². The number of rotatable bonds is 4. The number of hydrogen-bond acceptors (Lipinski definition) is 5. The van der Waals surface area contributed by atoms with Gasteiger partial charge in [-0.1, -0.05) is 23.8 Å². The summed E-state index contributed by atoms with van der Waals surface area (Å²) in [4.78, 5) is 28.4. The van der Waals surface area contributed by atoms with Gasteiger partial charge in [0.15, 0.2) is 5.17 Å². The molecule has 0 bridgehead atoms. The molecule has 1 aromatic heterocycles. The van der Waals surface area contributed by atoms with Gasteiger partial charge in [-0.05, 0) is 74.9 Å². The van der Waals surface area contributed by atoms with Crippen LogP contribution >= 0.6 is 11.8 Å². The normalized spacial score (nSPS) is 16.1. The predicted molar refractivity (Wildman–Crippen MR) is 129 cm³/mol. The van der Waals surface area contributed by atoms with Gasteiger partial charge in [-0.25, -0.2) is 4.99 Å². The smallest absolute Gasteiger partial charge is 0.271 e. The van der Waals surface area contributed by atoms with Crippen molar-refractivity contribution in [2.24, 2.45) is 4.99 Å². The minimum atomic E-state index is -0.406. The lowest BCUT2D eigenvalue weighted by molar-refractivity contribution is -0.384. The number of carbonyl (C=O) groups is 1. The molecule has 0 radical (unpaired) electrons. The minimum absolute atomic E-state index is 0.0351. The summed E-state index contributed by atoms with van der Waals surface area (Å²) in [6.07, 6.45) is 1.83. The van der Waals surface area contributed by atoms with Crippen molar-refractivity contribution in [3.63, 3.8) is 0 Å². The van der Waals surface area contributed by atoms with Crippen LogP contribution in [0.25, 0.3) is 11.8 Å². The highest BCUT2D eigenvalue weighted by Gasteiger charge is 2.25. The monoisotopic (exact) mass is 446 g/mol. The van der Waals surface area contributed by atoms with Crippen LogP contribution in [0.3, 0.4) is 0 Å². The second-order valence-electron chi connectivity index (χ2n) is 7.71. The van der Waals surface area contributed by atoms with Crippen molar-refractivity contribution in [1.29, 1.82) is 0 Å². The average Bonchev–Trinajstić information content (AvgIpc) is 3.22. The number of benzene rings is 2. The number of aromatic nitrogens is 1. The highest BCUT2D eigenvalue weighted by atomic mass is 32.2. The van der Waals surface area contributed by atoms with E-state index in [-0.39, 0.29) is 11.6 Å². The molecule has 1 amide bonds. The summed E-state index contributed by atoms with van der Waals surface area (Å²) in [5.74, 6) is -0.196. The second kappa shape index (κ2) is 8.47. The molecule has 32 heavy (non-hydrogen) atoms. The zero-order chi connectivity index (χ0) is 23.0. The van der Waals surface area contributed by atoms with Crippen LogP contribution in [-0.4, -0.2) is 20.6 Å². The minimum Gasteiger partial charge on any atom is -0.318 e. The van der Waals surface area contributed by atoms with Crippen LogP contribution < -0.4 is 5.32 Å². The van der Waals surface area contributed by atoms with Crippen LogP contribution in [0.4, 0.5) is 11.4 Å². The van der Waals surface area contributed by atoms with Crippen molar-refractivity contribution in [3.05, 3.63) is 91.6 Å². The number of amidine groups is 1. The van der Waals surface area contributed by atoms with E-state index < -0.39 is 4.92 Å². The van der Waals surface area contributed by atoms with Gasteiger partial charge in [-0.15, -0.1) is 0 Å². The summed E-state index contributed by atoms with van der Waals surface area (Å²) in [5.41, 5.74) is 6.46. The van der Waals surface area contributed by atoms with Crippen LogP contribution in [0, 0.1) is 37.8 Å². The Morgan fingerprint density at radius 3 is 2.59 bits per heavy atom. The highest BCUT2D eigenvalue weighted by molar-refractivity contribution is 8.18. The zero-order valence-electron chi connectivity index (χ0n) is 18.2. The number of nitrogens with zero attached hydrogens (tertiary/aromatic N) is 3. The van der Waals surface area contributed by atoms with E-state index in [9.17, 15) is 14.9 Å². The molecule has 8 heteroatoms. The Hall–Kier alpha value is -3.65. The number of nitrogens with one attached hydrogen (secondary N) is 1. The van der Waals surface area contributed by atoms with E-state index in [0.717, 1.165) is 33.8 Å². The molecule has 1 saturated heterocycles. The number of nitro benzene ring substituents is 1. The molecular formula is C24H22N4O3S. The van der Waals surface area contributed by atoms with Gasteiger partial charge in [-0.2, -0.15) is 0 Å². The topological polar surface area (TPSA) is 89.5 Å². The fourth-order valence-corrected chi connectivity index (χ4v) is 4.56. The average molecular weight is 447 g/mol. The molecule has 1 aliphatic rings. The van der Waals surface area contributed by atoms with Gasteiger partial charge in [0, 0.05) is 23.5 Å². The lowest BCUT2D eigenvalue weighted by atomic mass is 10.1. The molecule has 7 nitrogen and oxygen atoms in total. The summed E-state index contributed by atoms with van der Waals surface area (Å²) >= 11 is 1.30. The summed E-state index contributed by atoms with van der Waals surface area (Å²) < 4.78 is 1.95. The number of aryl methyl sites for hydroxylation is 3. The van der Waals surface area contributed by atoms with Gasteiger partial charge in [-0.3, -0.25) is 14.9 Å². The van der Waals surface area contributed by atoms with Crippen molar-refractivity contribution in [3.8, 4) is 5.69 Å². The van der Waals surface area contributed by atoms with Crippen molar-refractivity contribution in [1.82, 2.24) is 9.88 Å². The maximum absolute atomic E-state index is 12.5. The molecule has 3 aromatic rings. The quantitative estimate of drug-likeness (QED) is 0.325. The van der Waals surface area contributed by atoms with Crippen molar-refractivity contribution < 1.29 is 9.72 Å². The molecule has 1 aliphatic heterocycles. The third kappa shape index (κ3) is 4.22. The van der Waals surface area contributed by atoms with Crippen molar-refractivity contribution in [2.45, 2.75) is 27.7 Å². The third-order valence-corrected chi connectivity index (χ3v) is 6.19. The number of hydrogen-bond donors (Lipinski definition) is 1. The maximum Gasteiger partial charge on any atom is 0.271 e. The molecule has 1 fully saturated rings. The summed E-state index contributed by atoms with van der Waals surface area (Å²) in [7, 11) is 0. The summed E-state index contributed by atoms with van der Waals surface area (Å²) in [5, 5.41) is 14.5. The van der Waals surface area contributed by atoms with Crippen LogP contribution in [0.15, 0.2) is 58.4 Å². The number of carbonyl (C=O) groups excluding carboxylic acids is 1. The molecule has 0 saturated carbocycles. The van der Waals surface area contributed by atoms with Crippen molar-refractivity contribution in [2.75, 3.05) is 0 Å². The largest absolute Gasteiger partial charge is 0.318 e. The fourth-order valence-electron chi connectivity index (χ4n) is 3.74. The lowest BCUT2D eigenvalue weighted by Gasteiger charge is -2.09. The maximum atomic E-state index is 12.5. The predicted octanol–water partition coefficient (Wildman–Crippen LogP) is 5.51. The molecule has 0 atom stereocenters. The lowest BCUT2D eigenvalue weighted by Crippen LogP contribution is -2.19. The highest BCUT2D eigenvalue weighted by Crippen LogP contribution is 2.31. The van der Waals surface area contributed by atoms with Gasteiger partial charge in [0.1, 0.15) is 0 Å².